The third-order valence-corrected chi connectivity index (χ3v) is 3.64. The van der Waals surface area contributed by atoms with Crippen LogP contribution in [0.1, 0.15) is 18.4 Å². The van der Waals surface area contributed by atoms with Crippen molar-refractivity contribution in [2.75, 3.05) is 12.0 Å². The van der Waals surface area contributed by atoms with E-state index in [0.717, 1.165) is 29.8 Å². The summed E-state index contributed by atoms with van der Waals surface area (Å²) in [6.07, 6.45) is 5.54. The Hall–Kier alpha value is -2.36. The summed E-state index contributed by atoms with van der Waals surface area (Å²) in [4.78, 5) is 18.5. The molecule has 1 saturated carbocycles. The molecule has 4 nitrogen and oxygen atoms in total. The van der Waals surface area contributed by atoms with Crippen molar-refractivity contribution in [3.63, 3.8) is 0 Å². The Bertz CT molecular complexity index is 606. The average Bonchev–Trinajstić information content (AvgIpc) is 3.38. The van der Waals surface area contributed by atoms with Gasteiger partial charge >= 0.3 is 0 Å². The SMILES string of the molecule is COc1ccc(N(Cc2cccnc2)C(=O)C2CC2)cc1. The first-order valence-electron chi connectivity index (χ1n) is 7.12. The zero-order valence-corrected chi connectivity index (χ0v) is 12.0. The van der Waals surface area contributed by atoms with Crippen LogP contribution < -0.4 is 9.64 Å². The monoisotopic (exact) mass is 282 g/mol. The van der Waals surface area contributed by atoms with Gasteiger partial charge in [-0.05, 0) is 48.7 Å². The number of anilines is 1. The Kier molecular flexibility index (Phi) is 3.86. The Balaban J connectivity index is 1.85. The van der Waals surface area contributed by atoms with Gasteiger partial charge in [0, 0.05) is 24.0 Å². The summed E-state index contributed by atoms with van der Waals surface area (Å²) in [5, 5.41) is 0. The molecule has 0 atom stereocenters. The lowest BCUT2D eigenvalue weighted by Crippen LogP contribution is -2.31. The van der Waals surface area contributed by atoms with E-state index in [1.165, 1.54) is 0 Å². The van der Waals surface area contributed by atoms with Crippen molar-refractivity contribution in [3.05, 3.63) is 54.4 Å². The van der Waals surface area contributed by atoms with Gasteiger partial charge in [0.2, 0.25) is 5.91 Å². The number of methoxy groups -OCH3 is 1. The molecule has 1 aliphatic carbocycles. The molecule has 0 radical (unpaired) electrons. The Morgan fingerprint density at radius 2 is 2.05 bits per heavy atom. The lowest BCUT2D eigenvalue weighted by Gasteiger charge is -2.23. The summed E-state index contributed by atoms with van der Waals surface area (Å²) in [5.41, 5.74) is 1.93. The quantitative estimate of drug-likeness (QED) is 0.846. The van der Waals surface area contributed by atoms with Crippen molar-refractivity contribution in [1.29, 1.82) is 0 Å². The van der Waals surface area contributed by atoms with E-state index in [2.05, 4.69) is 4.98 Å². The zero-order chi connectivity index (χ0) is 14.7. The second kappa shape index (κ2) is 5.95. The first kappa shape index (κ1) is 13.6. The molecule has 3 rings (SSSR count). The van der Waals surface area contributed by atoms with Crippen molar-refractivity contribution in [1.82, 2.24) is 4.98 Å². The molecule has 108 valence electrons. The maximum atomic E-state index is 12.5. The second-order valence-electron chi connectivity index (χ2n) is 5.26. The summed E-state index contributed by atoms with van der Waals surface area (Å²) in [5.74, 6) is 1.17. The van der Waals surface area contributed by atoms with Gasteiger partial charge in [0.15, 0.2) is 0 Å². The number of rotatable bonds is 5. The minimum Gasteiger partial charge on any atom is -0.497 e. The highest BCUT2D eigenvalue weighted by atomic mass is 16.5. The standard InChI is InChI=1S/C17H18N2O2/c1-21-16-8-6-15(7-9-16)19(17(20)14-4-5-14)12-13-3-2-10-18-11-13/h2-3,6-11,14H,4-5,12H2,1H3. The fraction of sp³-hybridized carbons (Fsp3) is 0.294. The maximum Gasteiger partial charge on any atom is 0.230 e. The van der Waals surface area contributed by atoms with Crippen LogP contribution in [-0.2, 0) is 11.3 Å². The van der Waals surface area contributed by atoms with E-state index in [9.17, 15) is 4.79 Å². The molecule has 0 saturated heterocycles. The highest BCUT2D eigenvalue weighted by Gasteiger charge is 2.34. The van der Waals surface area contributed by atoms with Crippen LogP contribution >= 0.6 is 0 Å². The third kappa shape index (κ3) is 3.21. The number of pyridine rings is 1. The van der Waals surface area contributed by atoms with Crippen LogP contribution in [0.15, 0.2) is 48.8 Å². The van der Waals surface area contributed by atoms with Crippen molar-refractivity contribution in [3.8, 4) is 5.75 Å². The molecule has 21 heavy (non-hydrogen) atoms. The van der Waals surface area contributed by atoms with E-state index in [4.69, 9.17) is 4.74 Å². The van der Waals surface area contributed by atoms with Crippen LogP contribution in [0.3, 0.4) is 0 Å². The number of aromatic nitrogens is 1. The largest absolute Gasteiger partial charge is 0.497 e. The summed E-state index contributed by atoms with van der Waals surface area (Å²) < 4.78 is 5.17. The van der Waals surface area contributed by atoms with E-state index >= 15 is 0 Å². The molecular formula is C17H18N2O2. The fourth-order valence-corrected chi connectivity index (χ4v) is 2.28. The summed E-state index contributed by atoms with van der Waals surface area (Å²) in [6, 6.07) is 11.5. The van der Waals surface area contributed by atoms with Crippen molar-refractivity contribution < 1.29 is 9.53 Å². The van der Waals surface area contributed by atoms with Crippen molar-refractivity contribution >= 4 is 11.6 Å². The van der Waals surface area contributed by atoms with Gasteiger partial charge in [-0.3, -0.25) is 9.78 Å². The molecule has 1 amide bonds. The molecule has 1 aromatic heterocycles. The smallest absolute Gasteiger partial charge is 0.230 e. The predicted octanol–water partition coefficient (Wildman–Crippen LogP) is 3.03. The minimum absolute atomic E-state index is 0.184. The normalized spacial score (nSPS) is 13.8. The van der Waals surface area contributed by atoms with Crippen LogP contribution in [0.5, 0.6) is 5.75 Å². The van der Waals surface area contributed by atoms with Crippen molar-refractivity contribution in [2.24, 2.45) is 5.92 Å². The van der Waals surface area contributed by atoms with Gasteiger partial charge in [0.05, 0.1) is 13.7 Å². The van der Waals surface area contributed by atoms with E-state index in [1.807, 2.05) is 41.3 Å². The number of hydrogen-bond acceptors (Lipinski definition) is 3. The number of ether oxygens (including phenoxy) is 1. The second-order valence-corrected chi connectivity index (χ2v) is 5.26. The summed E-state index contributed by atoms with van der Waals surface area (Å²) in [6.45, 7) is 0.551. The molecule has 0 aliphatic heterocycles. The topological polar surface area (TPSA) is 42.4 Å². The van der Waals surface area contributed by atoms with E-state index < -0.39 is 0 Å². The van der Waals surface area contributed by atoms with Crippen LogP contribution in [-0.4, -0.2) is 18.0 Å². The van der Waals surface area contributed by atoms with E-state index in [0.29, 0.717) is 6.54 Å². The lowest BCUT2D eigenvalue weighted by molar-refractivity contribution is -0.119. The molecule has 1 aliphatic rings. The first-order chi connectivity index (χ1) is 10.3. The van der Waals surface area contributed by atoms with Crippen LogP contribution in [0.2, 0.25) is 0 Å². The third-order valence-electron chi connectivity index (χ3n) is 3.64. The molecule has 0 spiro atoms. The highest BCUT2D eigenvalue weighted by molar-refractivity contribution is 5.96. The highest BCUT2D eigenvalue weighted by Crippen LogP contribution is 2.33. The summed E-state index contributed by atoms with van der Waals surface area (Å²) >= 11 is 0. The van der Waals surface area contributed by atoms with Crippen LogP contribution in [0.4, 0.5) is 5.69 Å². The lowest BCUT2D eigenvalue weighted by atomic mass is 10.2. The fourth-order valence-electron chi connectivity index (χ4n) is 2.28. The van der Waals surface area contributed by atoms with Gasteiger partial charge in [-0.15, -0.1) is 0 Å². The molecule has 4 heteroatoms. The molecule has 1 heterocycles. The Morgan fingerprint density at radius 1 is 1.29 bits per heavy atom. The predicted molar refractivity (Wildman–Crippen MR) is 81.1 cm³/mol. The van der Waals surface area contributed by atoms with Crippen molar-refractivity contribution in [2.45, 2.75) is 19.4 Å². The molecule has 1 aromatic carbocycles. The maximum absolute atomic E-state index is 12.5. The molecular weight excluding hydrogens is 264 g/mol. The van der Waals surface area contributed by atoms with E-state index in [1.54, 1.807) is 19.5 Å². The number of carbonyl (C=O) groups excluding carboxylic acids is 1. The molecule has 0 unspecified atom stereocenters. The van der Waals surface area contributed by atoms with Gasteiger partial charge in [-0.2, -0.15) is 0 Å². The van der Waals surface area contributed by atoms with Gasteiger partial charge in [-0.1, -0.05) is 6.07 Å². The van der Waals surface area contributed by atoms with Gasteiger partial charge in [0.1, 0.15) is 5.75 Å². The minimum atomic E-state index is 0.184. The number of amides is 1. The average molecular weight is 282 g/mol. The molecule has 0 bridgehead atoms. The zero-order valence-electron chi connectivity index (χ0n) is 12.0. The van der Waals surface area contributed by atoms with Gasteiger partial charge in [-0.25, -0.2) is 0 Å². The number of hydrogen-bond donors (Lipinski definition) is 0. The van der Waals surface area contributed by atoms with Gasteiger partial charge < -0.3 is 9.64 Å². The first-order valence-corrected chi connectivity index (χ1v) is 7.12. The molecule has 2 aromatic rings. The van der Waals surface area contributed by atoms with E-state index in [-0.39, 0.29) is 11.8 Å². The molecule has 1 fully saturated rings. The molecule has 0 N–H and O–H groups in total. The van der Waals surface area contributed by atoms with Gasteiger partial charge in [0.25, 0.3) is 0 Å². The van der Waals surface area contributed by atoms with Crippen LogP contribution in [0.25, 0.3) is 0 Å². The number of nitrogens with zero attached hydrogens (tertiary/aromatic N) is 2. The number of benzene rings is 1. The number of carbonyl (C=O) groups is 1. The Labute approximate surface area is 124 Å². The summed E-state index contributed by atoms with van der Waals surface area (Å²) in [7, 11) is 1.64. The Morgan fingerprint density at radius 3 is 2.62 bits per heavy atom. The van der Waals surface area contributed by atoms with Crippen LogP contribution in [0, 0.1) is 5.92 Å².